The Morgan fingerprint density at radius 2 is 1.97 bits per heavy atom. The second-order valence-corrected chi connectivity index (χ2v) is 8.98. The van der Waals surface area contributed by atoms with Crippen LogP contribution >= 0.6 is 0 Å². The van der Waals surface area contributed by atoms with Crippen LogP contribution in [0.25, 0.3) is 5.52 Å². The molecule has 2 unspecified atom stereocenters. The molecular formula is C22H26FN3O3. The van der Waals surface area contributed by atoms with E-state index in [1.165, 1.54) is 29.5 Å². The van der Waals surface area contributed by atoms with Crippen LogP contribution in [-0.4, -0.2) is 34.6 Å². The summed E-state index contributed by atoms with van der Waals surface area (Å²) < 4.78 is 16.4. The quantitative estimate of drug-likeness (QED) is 0.807. The topological polar surface area (TPSA) is 88.0 Å². The molecule has 2 saturated carbocycles. The predicted octanol–water partition coefficient (Wildman–Crippen LogP) is 2.89. The Kier molecular flexibility index (Phi) is 4.21. The van der Waals surface area contributed by atoms with Crippen molar-refractivity contribution in [3.8, 4) is 0 Å². The van der Waals surface area contributed by atoms with Crippen molar-refractivity contribution in [1.82, 2.24) is 4.40 Å². The van der Waals surface area contributed by atoms with Crippen LogP contribution in [0.4, 0.5) is 10.1 Å². The number of carboxylic acid groups (broad SMARTS) is 1. The van der Waals surface area contributed by atoms with Gasteiger partial charge in [-0.25, -0.2) is 9.18 Å². The van der Waals surface area contributed by atoms with Crippen molar-refractivity contribution in [2.75, 3.05) is 18.0 Å². The highest BCUT2D eigenvalue weighted by Gasteiger charge is 2.38. The molecule has 0 aromatic carbocycles. The second-order valence-electron chi connectivity index (χ2n) is 8.98. The van der Waals surface area contributed by atoms with E-state index in [0.717, 1.165) is 37.9 Å². The summed E-state index contributed by atoms with van der Waals surface area (Å²) in [5.41, 5.74) is 8.17. The van der Waals surface area contributed by atoms with Gasteiger partial charge in [-0.2, -0.15) is 0 Å². The van der Waals surface area contributed by atoms with E-state index in [0.29, 0.717) is 28.6 Å². The zero-order chi connectivity index (χ0) is 20.4. The number of anilines is 1. The van der Waals surface area contributed by atoms with Crippen LogP contribution < -0.4 is 16.2 Å². The van der Waals surface area contributed by atoms with Gasteiger partial charge in [-0.05, 0) is 74.0 Å². The third-order valence-corrected chi connectivity index (χ3v) is 6.94. The normalized spacial score (nSPS) is 23.0. The average molecular weight is 399 g/mol. The molecule has 0 bridgehead atoms. The van der Waals surface area contributed by atoms with Gasteiger partial charge in [0.25, 0.3) is 5.56 Å². The fourth-order valence-electron chi connectivity index (χ4n) is 5.06. The number of aromatic nitrogens is 1. The summed E-state index contributed by atoms with van der Waals surface area (Å²) in [6.45, 7) is 3.31. The van der Waals surface area contributed by atoms with Crippen LogP contribution in [-0.2, 0) is 0 Å². The molecule has 1 saturated heterocycles. The number of fused-ring (bicyclic) bond motifs is 1. The summed E-state index contributed by atoms with van der Waals surface area (Å²) in [4.78, 5) is 26.3. The average Bonchev–Trinajstić information content (AvgIpc) is 3.59. The molecule has 3 fully saturated rings. The van der Waals surface area contributed by atoms with E-state index in [1.54, 1.807) is 0 Å². The van der Waals surface area contributed by atoms with Gasteiger partial charge in [0.05, 0.1) is 17.4 Å². The highest BCUT2D eigenvalue weighted by Crippen LogP contribution is 2.44. The van der Waals surface area contributed by atoms with E-state index >= 15 is 4.39 Å². The van der Waals surface area contributed by atoms with Crippen molar-refractivity contribution in [1.29, 1.82) is 0 Å². The van der Waals surface area contributed by atoms with Gasteiger partial charge >= 0.3 is 5.97 Å². The van der Waals surface area contributed by atoms with Crippen molar-refractivity contribution < 1.29 is 14.3 Å². The smallest absolute Gasteiger partial charge is 0.341 e. The SMILES string of the molecule is Cc1c(N2CCC(C(N)C3CC3)C2)c(F)cn2c(=O)c(C(=O)O)cc(C3CC3)c12. The Labute approximate surface area is 168 Å². The van der Waals surface area contributed by atoms with Gasteiger partial charge in [-0.1, -0.05) is 0 Å². The Bertz CT molecular complexity index is 1070. The van der Waals surface area contributed by atoms with E-state index in [2.05, 4.69) is 4.90 Å². The Morgan fingerprint density at radius 1 is 1.24 bits per heavy atom. The minimum Gasteiger partial charge on any atom is -0.477 e. The van der Waals surface area contributed by atoms with Gasteiger partial charge in [0.2, 0.25) is 0 Å². The number of hydrogen-bond donors (Lipinski definition) is 2. The zero-order valence-electron chi connectivity index (χ0n) is 16.5. The maximum atomic E-state index is 15.2. The number of halogens is 1. The summed E-state index contributed by atoms with van der Waals surface area (Å²) in [6.07, 6.45) is 6.43. The first-order chi connectivity index (χ1) is 13.9. The predicted molar refractivity (Wildman–Crippen MR) is 108 cm³/mol. The second kappa shape index (κ2) is 6.55. The number of aryl methyl sites for hydroxylation is 1. The minimum absolute atomic E-state index is 0.173. The highest BCUT2D eigenvalue weighted by molar-refractivity contribution is 5.89. The number of rotatable bonds is 5. The van der Waals surface area contributed by atoms with Gasteiger partial charge in [-0.15, -0.1) is 0 Å². The fourth-order valence-corrected chi connectivity index (χ4v) is 5.06. The highest BCUT2D eigenvalue weighted by atomic mass is 19.1. The van der Waals surface area contributed by atoms with Crippen LogP contribution in [0, 0.1) is 24.6 Å². The number of hydrogen-bond acceptors (Lipinski definition) is 4. The molecule has 7 heteroatoms. The lowest BCUT2D eigenvalue weighted by Gasteiger charge is -2.25. The van der Waals surface area contributed by atoms with E-state index < -0.39 is 17.3 Å². The van der Waals surface area contributed by atoms with Gasteiger partial charge in [-0.3, -0.25) is 9.20 Å². The molecule has 5 rings (SSSR count). The Balaban J connectivity index is 1.62. The van der Waals surface area contributed by atoms with E-state index in [4.69, 9.17) is 5.73 Å². The summed E-state index contributed by atoms with van der Waals surface area (Å²) in [5.74, 6) is -0.559. The molecule has 2 atom stereocenters. The van der Waals surface area contributed by atoms with Crippen LogP contribution in [0.15, 0.2) is 17.1 Å². The maximum Gasteiger partial charge on any atom is 0.341 e. The van der Waals surface area contributed by atoms with E-state index in [-0.39, 0.29) is 17.5 Å². The molecule has 2 aromatic rings. The molecule has 29 heavy (non-hydrogen) atoms. The third-order valence-electron chi connectivity index (χ3n) is 6.94. The fraction of sp³-hybridized carbons (Fsp3) is 0.545. The Hall–Kier alpha value is -2.41. The standard InChI is InChI=1S/C22H26FN3O3/c1-11-19-15(12-2-3-12)8-16(22(28)29)21(27)26(19)10-17(23)20(11)25-7-6-14(9-25)18(24)13-4-5-13/h8,10,12-14,18H,2-7,9,24H2,1H3,(H,28,29). The van der Waals surface area contributed by atoms with Gasteiger partial charge in [0.1, 0.15) is 5.56 Å². The third kappa shape index (κ3) is 3.03. The molecule has 3 aliphatic rings. The van der Waals surface area contributed by atoms with Gasteiger partial charge in [0.15, 0.2) is 5.82 Å². The molecule has 0 spiro atoms. The van der Waals surface area contributed by atoms with Crippen LogP contribution in [0.1, 0.15) is 59.5 Å². The zero-order valence-corrected chi connectivity index (χ0v) is 16.5. The lowest BCUT2D eigenvalue weighted by Crippen LogP contribution is -2.34. The van der Waals surface area contributed by atoms with E-state index in [9.17, 15) is 14.7 Å². The van der Waals surface area contributed by atoms with E-state index in [1.807, 2.05) is 6.92 Å². The minimum atomic E-state index is -1.27. The molecule has 1 aliphatic heterocycles. The molecule has 2 aliphatic carbocycles. The molecule has 3 N–H and O–H groups in total. The summed E-state index contributed by atoms with van der Waals surface area (Å²) in [6, 6.07) is 1.67. The number of nitrogens with two attached hydrogens (primary N) is 1. The number of carboxylic acids is 1. The number of pyridine rings is 2. The summed E-state index contributed by atoms with van der Waals surface area (Å²) >= 11 is 0. The van der Waals surface area contributed by atoms with Gasteiger partial charge < -0.3 is 15.7 Å². The first kappa shape index (κ1) is 18.6. The van der Waals surface area contributed by atoms with Crippen LogP contribution in [0.3, 0.4) is 0 Å². The van der Waals surface area contributed by atoms with Crippen molar-refractivity contribution in [2.24, 2.45) is 17.6 Å². The van der Waals surface area contributed by atoms with Crippen LogP contribution in [0.5, 0.6) is 0 Å². The van der Waals surface area contributed by atoms with Gasteiger partial charge in [0, 0.05) is 19.1 Å². The van der Waals surface area contributed by atoms with Crippen LogP contribution in [0.2, 0.25) is 0 Å². The molecule has 0 amide bonds. The number of nitrogens with zero attached hydrogens (tertiary/aromatic N) is 2. The van der Waals surface area contributed by atoms with Crippen molar-refractivity contribution in [2.45, 2.75) is 51.0 Å². The summed E-state index contributed by atoms with van der Waals surface area (Å²) in [5, 5.41) is 9.42. The first-order valence-corrected chi connectivity index (χ1v) is 10.5. The molecule has 154 valence electrons. The van der Waals surface area contributed by atoms with Crippen molar-refractivity contribution in [3.05, 3.63) is 45.1 Å². The molecule has 2 aromatic heterocycles. The summed E-state index contributed by atoms with van der Waals surface area (Å²) in [7, 11) is 0. The molecule has 0 radical (unpaired) electrons. The maximum absolute atomic E-state index is 15.2. The molecule has 6 nitrogen and oxygen atoms in total. The largest absolute Gasteiger partial charge is 0.477 e. The van der Waals surface area contributed by atoms with Crippen molar-refractivity contribution in [3.63, 3.8) is 0 Å². The number of carbonyl (C=O) groups is 1. The number of aromatic carboxylic acids is 1. The Morgan fingerprint density at radius 3 is 2.59 bits per heavy atom. The molecule has 3 heterocycles. The van der Waals surface area contributed by atoms with Crippen molar-refractivity contribution >= 4 is 17.2 Å². The monoisotopic (exact) mass is 399 g/mol. The lowest BCUT2D eigenvalue weighted by molar-refractivity contribution is 0.0694. The lowest BCUT2D eigenvalue weighted by atomic mass is 9.96. The first-order valence-electron chi connectivity index (χ1n) is 10.5. The molecular weight excluding hydrogens is 373 g/mol.